The molecule has 0 spiro atoms. The van der Waals surface area contributed by atoms with Crippen LogP contribution in [0.1, 0.15) is 57.8 Å². The molecule has 0 fully saturated rings. The molecule has 29 heavy (non-hydrogen) atoms. The smallest absolute Gasteiger partial charge is 0.258 e. The largest absolute Gasteiger partial charge is 0.507 e. The van der Waals surface area contributed by atoms with Gasteiger partial charge in [0.25, 0.3) is 11.8 Å². The highest BCUT2D eigenvalue weighted by atomic mass is 16.3. The zero-order chi connectivity index (χ0) is 20.5. The second-order valence-corrected chi connectivity index (χ2v) is 7.34. The van der Waals surface area contributed by atoms with Crippen molar-refractivity contribution in [1.29, 1.82) is 0 Å². The molecule has 0 saturated heterocycles. The number of fused-ring (bicyclic) bond motifs is 2. The molecule has 2 aromatic carbocycles. The van der Waals surface area contributed by atoms with Crippen molar-refractivity contribution in [2.45, 2.75) is 39.8 Å². The summed E-state index contributed by atoms with van der Waals surface area (Å²) in [5.74, 6) is -0.413. The minimum atomic E-state index is -0.233. The van der Waals surface area contributed by atoms with Crippen molar-refractivity contribution in [1.82, 2.24) is 20.4 Å². The number of aromatic amines is 1. The number of aromatic hydroxyl groups is 1. The lowest BCUT2D eigenvalue weighted by molar-refractivity contribution is 0.0748. The zero-order valence-corrected chi connectivity index (χ0v) is 16.6. The number of nitrogens with zero attached hydrogens (tertiary/aromatic N) is 2. The molecule has 7 heteroatoms. The predicted octanol–water partition coefficient (Wildman–Crippen LogP) is 3.13. The van der Waals surface area contributed by atoms with Crippen molar-refractivity contribution in [3.63, 3.8) is 0 Å². The summed E-state index contributed by atoms with van der Waals surface area (Å²) in [6.45, 7) is 5.38. The molecule has 0 saturated carbocycles. The van der Waals surface area contributed by atoms with Crippen LogP contribution in [0.2, 0.25) is 0 Å². The fourth-order valence-electron chi connectivity index (χ4n) is 3.82. The summed E-state index contributed by atoms with van der Waals surface area (Å²) in [6.07, 6.45) is 1.75. The predicted molar refractivity (Wildman–Crippen MR) is 110 cm³/mol. The van der Waals surface area contributed by atoms with Gasteiger partial charge >= 0.3 is 0 Å². The molecule has 3 aromatic rings. The van der Waals surface area contributed by atoms with Crippen molar-refractivity contribution in [2.75, 3.05) is 6.54 Å². The third-order valence-corrected chi connectivity index (χ3v) is 5.29. The third-order valence-electron chi connectivity index (χ3n) is 5.29. The van der Waals surface area contributed by atoms with Crippen molar-refractivity contribution in [2.24, 2.45) is 0 Å². The maximum Gasteiger partial charge on any atom is 0.258 e. The first-order valence-corrected chi connectivity index (χ1v) is 9.91. The van der Waals surface area contributed by atoms with Crippen LogP contribution >= 0.6 is 0 Å². The lowest BCUT2D eigenvalue weighted by Gasteiger charge is -2.16. The maximum absolute atomic E-state index is 13.1. The number of phenolic OH excluding ortho intramolecular Hbond substituents is 1. The molecule has 0 aliphatic carbocycles. The standard InChI is InChI=1S/C22H24N4O3/c1-3-5-18-16-9-17(20(27)10-19(16)25-24-18)22(29)26-11-14-7-6-13(8-15(14)12-26)21(28)23-4-2/h6-10,27H,3-5,11-12H2,1-2H3,(H,23,28)(H,24,25). The van der Waals surface area contributed by atoms with E-state index in [0.29, 0.717) is 25.2 Å². The van der Waals surface area contributed by atoms with Gasteiger partial charge in [-0.1, -0.05) is 19.4 Å². The lowest BCUT2D eigenvalue weighted by atomic mass is 10.1. The molecule has 0 unspecified atom stereocenters. The van der Waals surface area contributed by atoms with E-state index in [1.54, 1.807) is 23.1 Å². The first-order chi connectivity index (χ1) is 14.0. The Balaban J connectivity index is 1.61. The minimum Gasteiger partial charge on any atom is -0.507 e. The molecule has 2 heterocycles. The number of amides is 2. The average molecular weight is 392 g/mol. The number of rotatable bonds is 5. The molecule has 0 radical (unpaired) electrons. The number of phenols is 1. The van der Waals surface area contributed by atoms with Crippen LogP contribution in [0.15, 0.2) is 30.3 Å². The van der Waals surface area contributed by atoms with Gasteiger partial charge in [0.1, 0.15) is 5.75 Å². The molecular weight excluding hydrogens is 368 g/mol. The summed E-state index contributed by atoms with van der Waals surface area (Å²) in [7, 11) is 0. The number of carbonyl (C=O) groups excluding carboxylic acids is 2. The second-order valence-electron chi connectivity index (χ2n) is 7.34. The minimum absolute atomic E-state index is 0.0619. The monoisotopic (exact) mass is 392 g/mol. The molecule has 1 aromatic heterocycles. The first kappa shape index (κ1) is 19.0. The van der Waals surface area contributed by atoms with E-state index < -0.39 is 0 Å². The molecule has 3 N–H and O–H groups in total. The number of hydrogen-bond donors (Lipinski definition) is 3. The van der Waals surface area contributed by atoms with Crippen LogP contribution in [0.4, 0.5) is 0 Å². The average Bonchev–Trinajstić information content (AvgIpc) is 3.30. The van der Waals surface area contributed by atoms with E-state index in [2.05, 4.69) is 22.4 Å². The van der Waals surface area contributed by atoms with E-state index in [-0.39, 0.29) is 23.1 Å². The fourth-order valence-corrected chi connectivity index (χ4v) is 3.82. The zero-order valence-electron chi connectivity index (χ0n) is 16.6. The van der Waals surface area contributed by atoms with Crippen molar-refractivity contribution in [3.05, 3.63) is 58.3 Å². The second kappa shape index (κ2) is 7.58. The summed E-state index contributed by atoms with van der Waals surface area (Å²) in [4.78, 5) is 26.9. The van der Waals surface area contributed by atoms with Crippen molar-refractivity contribution in [3.8, 4) is 5.75 Å². The number of benzene rings is 2. The van der Waals surface area contributed by atoms with Gasteiger partial charge in [-0.05, 0) is 42.7 Å². The van der Waals surface area contributed by atoms with Gasteiger partial charge < -0.3 is 15.3 Å². The SMILES string of the molecule is CCCc1n[nH]c2cc(O)c(C(=O)N3Cc4ccc(C(=O)NCC)cc4C3)cc12. The first-order valence-electron chi connectivity index (χ1n) is 9.91. The van der Waals surface area contributed by atoms with Gasteiger partial charge in [-0.15, -0.1) is 0 Å². The van der Waals surface area contributed by atoms with E-state index in [4.69, 9.17) is 0 Å². The van der Waals surface area contributed by atoms with E-state index >= 15 is 0 Å². The topological polar surface area (TPSA) is 98.3 Å². The molecule has 150 valence electrons. The Morgan fingerprint density at radius 3 is 2.72 bits per heavy atom. The molecule has 2 amide bonds. The number of hydrogen-bond acceptors (Lipinski definition) is 4. The van der Waals surface area contributed by atoms with Crippen LogP contribution in [0.25, 0.3) is 10.9 Å². The van der Waals surface area contributed by atoms with Crippen LogP contribution in [0.3, 0.4) is 0 Å². The summed E-state index contributed by atoms with van der Waals surface area (Å²) >= 11 is 0. The number of nitrogens with one attached hydrogen (secondary N) is 2. The van der Waals surface area contributed by atoms with E-state index in [1.165, 1.54) is 0 Å². The highest BCUT2D eigenvalue weighted by Gasteiger charge is 2.27. The number of H-pyrrole nitrogens is 1. The van der Waals surface area contributed by atoms with Crippen LogP contribution in [0, 0.1) is 0 Å². The van der Waals surface area contributed by atoms with Crippen LogP contribution in [0.5, 0.6) is 5.75 Å². The molecular formula is C22H24N4O3. The Morgan fingerprint density at radius 1 is 1.17 bits per heavy atom. The molecule has 4 rings (SSSR count). The van der Waals surface area contributed by atoms with E-state index in [9.17, 15) is 14.7 Å². The van der Waals surface area contributed by atoms with Gasteiger partial charge in [-0.2, -0.15) is 5.10 Å². The third kappa shape index (κ3) is 3.44. The summed E-state index contributed by atoms with van der Waals surface area (Å²) in [5, 5.41) is 21.3. The molecule has 0 atom stereocenters. The van der Waals surface area contributed by atoms with Gasteiger partial charge in [-0.25, -0.2) is 0 Å². The van der Waals surface area contributed by atoms with Gasteiger partial charge in [0.05, 0.1) is 16.8 Å². The van der Waals surface area contributed by atoms with Crippen LogP contribution in [-0.2, 0) is 19.5 Å². The van der Waals surface area contributed by atoms with Gasteiger partial charge in [0.15, 0.2) is 0 Å². The Hall–Kier alpha value is -3.35. The van der Waals surface area contributed by atoms with E-state index in [1.807, 2.05) is 19.1 Å². The Labute approximate surface area is 168 Å². The Bertz CT molecular complexity index is 1100. The Morgan fingerprint density at radius 2 is 1.97 bits per heavy atom. The Kier molecular flexibility index (Phi) is 4.96. The van der Waals surface area contributed by atoms with Gasteiger partial charge in [0.2, 0.25) is 0 Å². The van der Waals surface area contributed by atoms with Crippen molar-refractivity contribution >= 4 is 22.7 Å². The fraction of sp³-hybridized carbons (Fsp3) is 0.318. The highest BCUT2D eigenvalue weighted by molar-refractivity contribution is 6.01. The summed E-state index contributed by atoms with van der Waals surface area (Å²) in [6, 6.07) is 8.80. The van der Waals surface area contributed by atoms with Crippen LogP contribution in [-0.4, -0.2) is 38.6 Å². The van der Waals surface area contributed by atoms with Gasteiger partial charge in [0, 0.05) is 36.7 Å². The van der Waals surface area contributed by atoms with E-state index in [0.717, 1.165) is 40.6 Å². The lowest BCUT2D eigenvalue weighted by Crippen LogP contribution is -2.25. The molecule has 1 aliphatic rings. The normalized spacial score (nSPS) is 13.0. The summed E-state index contributed by atoms with van der Waals surface area (Å²) in [5.41, 5.74) is 4.45. The molecule has 1 aliphatic heterocycles. The van der Waals surface area contributed by atoms with Gasteiger partial charge in [-0.3, -0.25) is 14.7 Å². The molecule has 0 bridgehead atoms. The number of aryl methyl sites for hydroxylation is 1. The maximum atomic E-state index is 13.1. The number of aromatic nitrogens is 2. The quantitative estimate of drug-likeness (QED) is 0.621. The molecule has 7 nitrogen and oxygen atoms in total. The van der Waals surface area contributed by atoms with Crippen molar-refractivity contribution < 1.29 is 14.7 Å². The summed E-state index contributed by atoms with van der Waals surface area (Å²) < 4.78 is 0. The van der Waals surface area contributed by atoms with Crippen LogP contribution < -0.4 is 5.32 Å². The highest BCUT2D eigenvalue weighted by Crippen LogP contribution is 2.31. The number of carbonyl (C=O) groups is 2.